The molecule has 9 N–H and O–H groups in total. The molecule has 47 nitrogen and oxygen atoms in total. The molecule has 47 heteroatoms. The maximum Gasteiger partial charge on any atom is 0.347 e. The van der Waals surface area contributed by atoms with Gasteiger partial charge in [-0.2, -0.15) is 0 Å². The van der Waals surface area contributed by atoms with Crippen molar-refractivity contribution in [2.24, 2.45) is 0 Å². The molecule has 0 aromatic heterocycles. The van der Waals surface area contributed by atoms with Gasteiger partial charge in [0.05, 0.1) is 19.3 Å². The Labute approximate surface area is 750 Å². The lowest BCUT2D eigenvalue weighted by Gasteiger charge is -2.51. The Balaban J connectivity index is 1.38. The summed E-state index contributed by atoms with van der Waals surface area (Å²) in [6.45, 7) is 8.02. The quantitative estimate of drug-likeness (QED) is 0.0206. The number of aliphatic hydroxyl groups is 8. The van der Waals surface area contributed by atoms with Crippen LogP contribution in [0.2, 0.25) is 0 Å². The lowest BCUT2D eigenvalue weighted by atomic mass is 9.94. The van der Waals surface area contributed by atoms with E-state index in [9.17, 15) is 108 Å². The van der Waals surface area contributed by atoms with Crippen LogP contribution < -0.4 is 0 Å². The topological polar surface area (TPSA) is 635 Å². The van der Waals surface area contributed by atoms with Crippen molar-refractivity contribution in [3.63, 3.8) is 0 Å². The highest BCUT2D eigenvalue weighted by molar-refractivity contribution is 5.77. The summed E-state index contributed by atoms with van der Waals surface area (Å²) in [5.74, 6) is -13.5. The number of aliphatic carboxylic acids is 1. The SMILES string of the molecule is CCC[C@H](CCCCCCCCCCCCCCCCOC[C@@H](OC(C)=O)C(=O)O)O[C@@H]1O[C@H](CO)[C@@H](O[C@@H]2O[C@H](COC(C)=O)[C@@H](O[C@@H]3O[C@H](COC(C)=O)[C@@H](OC(C)=O)[C@H](OC(C)=O)[C@H]3O[C@@H]3O[C@H](COC(C)=O)[C@@H](O)[C@H](O)[C@H]3O[C@@H]3O[C@H](COC(C)=O)[C@@H](O)[C@H](O)[C@H]3O)[C@H](OC(C)=O)[C@H]2OC(C)=O)[C@H](O)[C@H]1O[C@@H]1O[C@H](COC(C)=O)[C@@H](OC(C)=O)[C@H](OC(C)=O)[C@H]1O. The van der Waals surface area contributed by atoms with Crippen LogP contribution >= 0.6 is 0 Å². The lowest BCUT2D eigenvalue weighted by Crippen LogP contribution is -2.70. The van der Waals surface area contributed by atoms with Crippen LogP contribution in [0.1, 0.15) is 199 Å². The maximum atomic E-state index is 13.9. The Hall–Kier alpha value is -7.73. The van der Waals surface area contributed by atoms with Crippen molar-refractivity contribution in [1.82, 2.24) is 0 Å². The van der Waals surface area contributed by atoms with Crippen LogP contribution in [0.4, 0.5) is 0 Å². The molecule has 0 amide bonds. The van der Waals surface area contributed by atoms with Crippen molar-refractivity contribution >= 4 is 77.6 Å². The largest absolute Gasteiger partial charge is 0.478 e. The zero-order chi connectivity index (χ0) is 96.3. The Kier molecular flexibility index (Phi) is 47.7. The molecule has 32 atom stereocenters. The summed E-state index contributed by atoms with van der Waals surface area (Å²) < 4.78 is 148. The van der Waals surface area contributed by atoms with E-state index in [1.54, 1.807) is 0 Å². The van der Waals surface area contributed by atoms with Crippen LogP contribution in [0.3, 0.4) is 0 Å². The van der Waals surface area contributed by atoms with Gasteiger partial charge in [0.2, 0.25) is 6.10 Å². The van der Waals surface area contributed by atoms with Gasteiger partial charge in [0.1, 0.15) is 137 Å². The van der Waals surface area contributed by atoms with Crippen LogP contribution in [-0.4, -0.2) is 373 Å². The van der Waals surface area contributed by atoms with Crippen molar-refractivity contribution < 1.29 is 227 Å². The van der Waals surface area contributed by atoms with Crippen LogP contribution in [-0.2, 0) is 181 Å². The van der Waals surface area contributed by atoms with Crippen LogP contribution in [0.15, 0.2) is 0 Å². The summed E-state index contributed by atoms with van der Waals surface area (Å²) in [6.07, 6.45) is -50.6. The summed E-state index contributed by atoms with van der Waals surface area (Å²) >= 11 is 0. The molecule has 6 heterocycles. The number of rotatable bonds is 52. The molecule has 744 valence electrons. The van der Waals surface area contributed by atoms with Crippen molar-refractivity contribution in [3.05, 3.63) is 0 Å². The van der Waals surface area contributed by atoms with E-state index in [1.165, 1.54) is 0 Å². The third-order valence-corrected chi connectivity index (χ3v) is 21.3. The minimum atomic E-state index is -2.43. The Morgan fingerprint density at radius 1 is 0.285 bits per heavy atom. The van der Waals surface area contributed by atoms with E-state index in [-0.39, 0.29) is 6.61 Å². The van der Waals surface area contributed by atoms with Gasteiger partial charge in [-0.25, -0.2) is 4.79 Å². The molecule has 0 radical (unpaired) electrons. The second kappa shape index (κ2) is 55.8. The van der Waals surface area contributed by atoms with E-state index in [0.717, 1.165) is 167 Å². The highest BCUT2D eigenvalue weighted by Crippen LogP contribution is 2.42. The van der Waals surface area contributed by atoms with E-state index in [1.807, 2.05) is 6.92 Å². The third kappa shape index (κ3) is 35.6. The Morgan fingerprint density at radius 3 is 1.06 bits per heavy atom. The van der Waals surface area contributed by atoms with E-state index >= 15 is 0 Å². The first-order chi connectivity index (χ1) is 61.5. The maximum absolute atomic E-state index is 13.9. The van der Waals surface area contributed by atoms with Gasteiger partial charge in [-0.15, -0.1) is 0 Å². The summed E-state index contributed by atoms with van der Waals surface area (Å²) in [5.41, 5.74) is 0. The molecule has 0 bridgehead atoms. The zero-order valence-electron chi connectivity index (χ0n) is 75.2. The highest BCUT2D eigenvalue weighted by atomic mass is 16.8. The number of carboxylic acid groups (broad SMARTS) is 1. The number of carbonyl (C=O) groups is 13. The average molecular weight is 1880 g/mol. The molecule has 0 aliphatic carbocycles. The van der Waals surface area contributed by atoms with E-state index in [4.69, 9.17) is 118 Å². The van der Waals surface area contributed by atoms with Gasteiger partial charge >= 0.3 is 77.6 Å². The lowest BCUT2D eigenvalue weighted by molar-refractivity contribution is -0.409. The number of carboxylic acids is 1. The normalized spacial score (nSPS) is 33.1. The molecule has 0 spiro atoms. The fraction of sp³-hybridized carbons (Fsp3) is 0.843. The molecule has 0 saturated carbocycles. The van der Waals surface area contributed by atoms with Crippen LogP contribution in [0, 0.1) is 0 Å². The van der Waals surface area contributed by atoms with Crippen molar-refractivity contribution in [2.75, 3.05) is 52.9 Å². The number of aliphatic hydroxyl groups excluding tert-OH is 8. The van der Waals surface area contributed by atoms with Gasteiger partial charge in [-0.1, -0.05) is 96.8 Å². The number of ether oxygens (including phenoxy) is 25. The van der Waals surface area contributed by atoms with E-state index in [2.05, 4.69) is 0 Å². The summed E-state index contributed by atoms with van der Waals surface area (Å²) in [5, 5.41) is 103. The van der Waals surface area contributed by atoms with Gasteiger partial charge in [-0.05, 0) is 19.3 Å². The number of hydrogen-bond acceptors (Lipinski definition) is 46. The predicted molar refractivity (Wildman–Crippen MR) is 425 cm³/mol. The molecular formula is C83H130O47. The number of esters is 12. The van der Waals surface area contributed by atoms with Crippen molar-refractivity contribution in [1.29, 1.82) is 0 Å². The molecule has 6 aliphatic heterocycles. The first-order valence-corrected chi connectivity index (χ1v) is 43.4. The van der Waals surface area contributed by atoms with Gasteiger partial charge in [-0.3, -0.25) is 57.5 Å². The molecule has 6 aliphatic rings. The van der Waals surface area contributed by atoms with Crippen LogP contribution in [0.5, 0.6) is 0 Å². The third-order valence-electron chi connectivity index (χ3n) is 21.3. The molecule has 0 aromatic rings. The number of carbonyl (C=O) groups excluding carboxylic acids is 12. The fourth-order valence-corrected chi connectivity index (χ4v) is 15.4. The molecule has 6 rings (SSSR count). The van der Waals surface area contributed by atoms with E-state index in [0.29, 0.717) is 32.3 Å². The molecule has 130 heavy (non-hydrogen) atoms. The molecule has 6 fully saturated rings. The minimum absolute atomic E-state index is 0.222. The second-order valence-electron chi connectivity index (χ2n) is 32.1. The minimum Gasteiger partial charge on any atom is -0.478 e. The first kappa shape index (κ1) is 111. The first-order valence-electron chi connectivity index (χ1n) is 43.4. The summed E-state index contributed by atoms with van der Waals surface area (Å²) in [7, 11) is 0. The Bertz CT molecular complexity index is 3570. The summed E-state index contributed by atoms with van der Waals surface area (Å²) in [4.78, 5) is 165. The van der Waals surface area contributed by atoms with Crippen molar-refractivity contribution in [2.45, 2.75) is 396 Å². The monoisotopic (exact) mass is 1880 g/mol. The number of unbranched alkanes of at least 4 members (excludes halogenated alkanes) is 13. The second-order valence-corrected chi connectivity index (χ2v) is 32.1. The fourth-order valence-electron chi connectivity index (χ4n) is 15.4. The molecule has 0 aromatic carbocycles. The highest BCUT2D eigenvalue weighted by Gasteiger charge is 2.62. The molecular weight excluding hydrogens is 1750 g/mol. The summed E-state index contributed by atoms with van der Waals surface area (Å²) in [6, 6.07) is 0. The van der Waals surface area contributed by atoms with Crippen LogP contribution in [0.25, 0.3) is 0 Å². The van der Waals surface area contributed by atoms with Gasteiger partial charge in [0.15, 0.2) is 80.5 Å². The molecule has 0 unspecified atom stereocenters. The van der Waals surface area contributed by atoms with Gasteiger partial charge < -0.3 is 164 Å². The number of hydrogen-bond donors (Lipinski definition) is 9. The standard InChI is InChI=1S/C83H130O47/c1-14-29-51(30-27-25-23-21-19-17-15-16-18-20-22-24-26-28-31-106-33-58(77(104)105)112-44(7)90)119-80-72(129-79-65(103)70(115-47(10)93)67(113-45(8)91)55(123-79)36-109-41(4)87)64(102)66(52(32-84)120-80)126-82-75(118-50(13)96)74(117-49(12)95)69(57(125-82)38-111-43(6)89)127-83-76(73(116-48(11)94)68(114-46(9)92)56(124-83)37-110-42(5)88)130-81-71(62(100)60(98)54(122-81)35-108-40(3)86)128-78-63(101)61(99)59(97)53(121-78)34-107-39(2)85/h51-76,78-84,97-103H,14-38H2,1-13H3,(H,104,105)/t51-,52-,53-,54-,55-,56-,57-,58-,59-,60-,61+,62+,63-,64+,65-,66-,67-,68-,69-,70-,71-,72-,73+,74+,75-,76-,78+,79+,80-,81+,82+,83+/m1/s1. The average Bonchev–Trinajstić information content (AvgIpc) is 0.755. The van der Waals surface area contributed by atoms with E-state index < -0.39 is 314 Å². The zero-order valence-corrected chi connectivity index (χ0v) is 75.2. The van der Waals surface area contributed by atoms with Gasteiger partial charge in [0, 0.05) is 89.7 Å². The smallest absolute Gasteiger partial charge is 0.347 e. The molecule has 6 saturated heterocycles. The predicted octanol–water partition coefficient (Wildman–Crippen LogP) is -0.744. The van der Waals surface area contributed by atoms with Crippen molar-refractivity contribution in [3.8, 4) is 0 Å². The Morgan fingerprint density at radius 2 is 0.615 bits per heavy atom. The van der Waals surface area contributed by atoms with Gasteiger partial charge in [0.25, 0.3) is 0 Å².